The Bertz CT molecular complexity index is 359. The molecule has 0 amide bonds. The van der Waals surface area contributed by atoms with Gasteiger partial charge >= 0.3 is 0 Å². The number of nitrogens with one attached hydrogen (secondary N) is 2. The summed E-state index contributed by atoms with van der Waals surface area (Å²) in [5.41, 5.74) is 3.71. The Hall–Kier alpha value is -1.07. The maximum atomic E-state index is 5.40. The highest BCUT2D eigenvalue weighted by molar-refractivity contribution is 9.10. The number of hydrazine groups is 1. The Morgan fingerprint density at radius 3 is 2.53 bits per heavy atom. The van der Waals surface area contributed by atoms with Crippen LogP contribution in [0.15, 0.2) is 33.7 Å². The average molecular weight is 299 g/mol. The number of benzene rings is 1. The summed E-state index contributed by atoms with van der Waals surface area (Å²) in [7, 11) is 0. The van der Waals surface area contributed by atoms with Crippen LogP contribution >= 0.6 is 15.9 Å². The van der Waals surface area contributed by atoms with Crippen LogP contribution in [0, 0.1) is 5.92 Å². The zero-order valence-corrected chi connectivity index (χ0v) is 11.8. The lowest BCUT2D eigenvalue weighted by atomic mass is 10.2. The van der Waals surface area contributed by atoms with Crippen molar-refractivity contribution in [2.75, 3.05) is 6.54 Å². The van der Waals surface area contributed by atoms with Crippen molar-refractivity contribution < 1.29 is 0 Å². The maximum absolute atomic E-state index is 5.40. The Kier molecular flexibility index (Phi) is 6.00. The fourth-order valence-corrected chi connectivity index (χ4v) is 1.48. The second kappa shape index (κ2) is 7.29. The van der Waals surface area contributed by atoms with Crippen LogP contribution in [0.25, 0.3) is 0 Å². The smallest absolute Gasteiger partial charge is 0.206 e. The number of hydrogen-bond acceptors (Lipinski definition) is 2. The molecule has 17 heavy (non-hydrogen) atoms. The van der Waals surface area contributed by atoms with Crippen molar-refractivity contribution in [2.45, 2.75) is 20.4 Å². The van der Waals surface area contributed by atoms with E-state index in [-0.39, 0.29) is 0 Å². The normalized spacial score (nSPS) is 11.7. The van der Waals surface area contributed by atoms with Crippen LogP contribution in [0.5, 0.6) is 0 Å². The Morgan fingerprint density at radius 1 is 1.35 bits per heavy atom. The summed E-state index contributed by atoms with van der Waals surface area (Å²) in [4.78, 5) is 4.37. The van der Waals surface area contributed by atoms with Gasteiger partial charge in [0.2, 0.25) is 5.96 Å². The second-order valence-corrected chi connectivity index (χ2v) is 5.13. The third kappa shape index (κ3) is 5.70. The minimum Gasteiger partial charge on any atom is -0.355 e. The van der Waals surface area contributed by atoms with Gasteiger partial charge in [-0.15, -0.1) is 0 Å². The zero-order chi connectivity index (χ0) is 12.7. The number of nitrogens with two attached hydrogens (primary N) is 1. The molecule has 0 atom stereocenters. The van der Waals surface area contributed by atoms with E-state index in [0.717, 1.165) is 16.6 Å². The van der Waals surface area contributed by atoms with Gasteiger partial charge < -0.3 is 5.32 Å². The molecule has 0 heterocycles. The number of guanidine groups is 1. The van der Waals surface area contributed by atoms with E-state index in [1.807, 2.05) is 24.3 Å². The van der Waals surface area contributed by atoms with E-state index in [1.54, 1.807) is 0 Å². The van der Waals surface area contributed by atoms with E-state index in [9.17, 15) is 0 Å². The van der Waals surface area contributed by atoms with Gasteiger partial charge in [-0.25, -0.2) is 10.8 Å². The molecule has 0 saturated carbocycles. The Morgan fingerprint density at radius 2 is 2.00 bits per heavy atom. The van der Waals surface area contributed by atoms with Crippen LogP contribution in [0.3, 0.4) is 0 Å². The summed E-state index contributed by atoms with van der Waals surface area (Å²) < 4.78 is 1.07. The van der Waals surface area contributed by atoms with Crippen LogP contribution < -0.4 is 16.6 Å². The SMILES string of the molecule is CC(C)CNC(=NCc1ccc(Br)cc1)NN. The van der Waals surface area contributed by atoms with E-state index in [2.05, 4.69) is 45.5 Å². The lowest BCUT2D eigenvalue weighted by molar-refractivity contribution is 0.615. The van der Waals surface area contributed by atoms with Crippen LogP contribution in [0.4, 0.5) is 0 Å². The highest BCUT2D eigenvalue weighted by atomic mass is 79.9. The first-order valence-corrected chi connectivity index (χ1v) is 6.40. The summed E-state index contributed by atoms with van der Waals surface area (Å²) in [6.07, 6.45) is 0. The molecule has 0 unspecified atom stereocenters. The molecule has 4 N–H and O–H groups in total. The van der Waals surface area contributed by atoms with Crippen molar-refractivity contribution >= 4 is 21.9 Å². The van der Waals surface area contributed by atoms with Gasteiger partial charge in [0, 0.05) is 11.0 Å². The molecule has 0 radical (unpaired) electrons. The molecule has 0 fully saturated rings. The lowest BCUT2D eigenvalue weighted by Crippen LogP contribution is -2.42. The van der Waals surface area contributed by atoms with E-state index >= 15 is 0 Å². The predicted molar refractivity (Wildman–Crippen MR) is 75.4 cm³/mol. The minimum atomic E-state index is 0.557. The number of nitrogens with zero attached hydrogens (tertiary/aromatic N) is 1. The largest absolute Gasteiger partial charge is 0.355 e. The molecule has 0 spiro atoms. The molecule has 5 heteroatoms. The molecule has 0 bridgehead atoms. The average Bonchev–Trinajstić information content (AvgIpc) is 2.31. The number of hydrogen-bond donors (Lipinski definition) is 3. The molecule has 0 aliphatic carbocycles. The van der Waals surface area contributed by atoms with Gasteiger partial charge in [0.25, 0.3) is 0 Å². The topological polar surface area (TPSA) is 62.4 Å². The van der Waals surface area contributed by atoms with Crippen molar-refractivity contribution in [1.82, 2.24) is 10.7 Å². The zero-order valence-electron chi connectivity index (χ0n) is 10.2. The number of aliphatic imine (C=N–C) groups is 1. The molecule has 4 nitrogen and oxygen atoms in total. The predicted octanol–water partition coefficient (Wildman–Crippen LogP) is 2.01. The molecule has 0 aliphatic rings. The van der Waals surface area contributed by atoms with Crippen LogP contribution in [-0.4, -0.2) is 12.5 Å². The molecule has 94 valence electrons. The lowest BCUT2D eigenvalue weighted by Gasteiger charge is -2.11. The van der Waals surface area contributed by atoms with Crippen molar-refractivity contribution in [3.8, 4) is 0 Å². The monoisotopic (exact) mass is 298 g/mol. The molecule has 1 aromatic rings. The van der Waals surface area contributed by atoms with Crippen molar-refractivity contribution in [1.29, 1.82) is 0 Å². The summed E-state index contributed by atoms with van der Waals surface area (Å²) >= 11 is 3.40. The highest BCUT2D eigenvalue weighted by Crippen LogP contribution is 2.10. The summed E-state index contributed by atoms with van der Waals surface area (Å²) in [6.45, 7) is 5.73. The third-order valence-electron chi connectivity index (χ3n) is 2.15. The van der Waals surface area contributed by atoms with Gasteiger partial charge in [-0.05, 0) is 23.6 Å². The van der Waals surface area contributed by atoms with E-state index in [1.165, 1.54) is 0 Å². The number of rotatable bonds is 4. The molecular weight excluding hydrogens is 280 g/mol. The first-order chi connectivity index (χ1) is 8.11. The third-order valence-corrected chi connectivity index (χ3v) is 2.68. The molecule has 1 rings (SSSR count). The Balaban J connectivity index is 2.51. The van der Waals surface area contributed by atoms with Gasteiger partial charge in [0.1, 0.15) is 0 Å². The summed E-state index contributed by atoms with van der Waals surface area (Å²) in [6, 6.07) is 8.07. The first-order valence-electron chi connectivity index (χ1n) is 5.61. The molecule has 1 aromatic carbocycles. The summed E-state index contributed by atoms with van der Waals surface area (Å²) in [5.74, 6) is 6.58. The fourth-order valence-electron chi connectivity index (χ4n) is 1.21. The van der Waals surface area contributed by atoms with Gasteiger partial charge in [-0.3, -0.25) is 5.43 Å². The quantitative estimate of drug-likeness (QED) is 0.345. The van der Waals surface area contributed by atoms with Crippen LogP contribution in [0.1, 0.15) is 19.4 Å². The molecule has 0 aromatic heterocycles. The highest BCUT2D eigenvalue weighted by Gasteiger charge is 1.98. The first kappa shape index (κ1) is 14.0. The molecule has 0 aliphatic heterocycles. The van der Waals surface area contributed by atoms with Crippen LogP contribution in [0.2, 0.25) is 0 Å². The van der Waals surface area contributed by atoms with Gasteiger partial charge in [0.15, 0.2) is 0 Å². The van der Waals surface area contributed by atoms with Crippen molar-refractivity contribution in [3.63, 3.8) is 0 Å². The van der Waals surface area contributed by atoms with Gasteiger partial charge in [-0.2, -0.15) is 0 Å². The fraction of sp³-hybridized carbons (Fsp3) is 0.417. The number of halogens is 1. The van der Waals surface area contributed by atoms with E-state index in [0.29, 0.717) is 18.4 Å². The molecular formula is C12H19BrN4. The van der Waals surface area contributed by atoms with E-state index in [4.69, 9.17) is 5.84 Å². The van der Waals surface area contributed by atoms with E-state index < -0.39 is 0 Å². The maximum Gasteiger partial charge on any atom is 0.206 e. The summed E-state index contributed by atoms with van der Waals surface area (Å²) in [5, 5.41) is 3.16. The Labute approximate surface area is 111 Å². The van der Waals surface area contributed by atoms with Crippen molar-refractivity contribution in [3.05, 3.63) is 34.3 Å². The standard InChI is InChI=1S/C12H19BrN4/c1-9(2)7-15-12(17-14)16-8-10-3-5-11(13)6-4-10/h3-6,9H,7-8,14H2,1-2H3,(H2,15,16,17). The minimum absolute atomic E-state index is 0.557. The van der Waals surface area contributed by atoms with Gasteiger partial charge in [-0.1, -0.05) is 41.9 Å². The second-order valence-electron chi connectivity index (χ2n) is 4.21. The van der Waals surface area contributed by atoms with Gasteiger partial charge in [0.05, 0.1) is 6.54 Å². The molecule has 0 saturated heterocycles. The van der Waals surface area contributed by atoms with Crippen molar-refractivity contribution in [2.24, 2.45) is 16.8 Å². The van der Waals surface area contributed by atoms with Crippen LogP contribution in [-0.2, 0) is 6.54 Å².